The van der Waals surface area contributed by atoms with E-state index in [0.29, 0.717) is 30.8 Å². The summed E-state index contributed by atoms with van der Waals surface area (Å²) < 4.78 is 16.5. The largest absolute Gasteiger partial charge is 0.382 e. The predicted molar refractivity (Wildman–Crippen MR) is 82.1 cm³/mol. The van der Waals surface area contributed by atoms with Gasteiger partial charge in [0.15, 0.2) is 0 Å². The van der Waals surface area contributed by atoms with E-state index in [2.05, 4.69) is 26.1 Å². The van der Waals surface area contributed by atoms with Crippen molar-refractivity contribution in [2.45, 2.75) is 58.6 Å². The average molecular weight is 287 g/mol. The average Bonchev–Trinajstić information content (AvgIpc) is 2.70. The number of rotatable bonds is 11. The molecule has 120 valence electrons. The number of hydrogen-bond acceptors (Lipinski definition) is 4. The molecule has 0 heterocycles. The summed E-state index contributed by atoms with van der Waals surface area (Å²) in [4.78, 5) is 0. The standard InChI is InChI=1S/C16H33NO3/c1-5-9-17-15-14(7-8-16(15,2)3)20-11-6-10-19-13-12-18-4/h14-15,17H,5-13H2,1-4H3. The van der Waals surface area contributed by atoms with Crippen LogP contribution in [0.15, 0.2) is 0 Å². The maximum Gasteiger partial charge on any atom is 0.0733 e. The number of nitrogens with one attached hydrogen (secondary N) is 1. The summed E-state index contributed by atoms with van der Waals surface area (Å²) in [6.07, 6.45) is 4.89. The van der Waals surface area contributed by atoms with Crippen molar-refractivity contribution >= 4 is 0 Å². The molecule has 0 saturated heterocycles. The molecule has 2 unspecified atom stereocenters. The minimum absolute atomic E-state index is 0.342. The molecular weight excluding hydrogens is 254 g/mol. The molecule has 4 heteroatoms. The first kappa shape index (κ1) is 17.9. The van der Waals surface area contributed by atoms with E-state index in [4.69, 9.17) is 14.2 Å². The van der Waals surface area contributed by atoms with Crippen molar-refractivity contribution in [1.82, 2.24) is 5.32 Å². The zero-order valence-corrected chi connectivity index (χ0v) is 13.7. The molecule has 0 aromatic heterocycles. The Balaban J connectivity index is 2.18. The van der Waals surface area contributed by atoms with Crippen LogP contribution in [-0.2, 0) is 14.2 Å². The summed E-state index contributed by atoms with van der Waals surface area (Å²) in [5.74, 6) is 0. The molecule has 4 nitrogen and oxygen atoms in total. The first-order chi connectivity index (χ1) is 9.61. The summed E-state index contributed by atoms with van der Waals surface area (Å²) in [7, 11) is 1.69. The topological polar surface area (TPSA) is 39.7 Å². The van der Waals surface area contributed by atoms with Crippen LogP contribution < -0.4 is 5.32 Å². The Kier molecular flexibility index (Phi) is 8.69. The second-order valence-electron chi connectivity index (χ2n) is 6.33. The van der Waals surface area contributed by atoms with Gasteiger partial charge in [-0.15, -0.1) is 0 Å². The van der Waals surface area contributed by atoms with Gasteiger partial charge in [0.2, 0.25) is 0 Å². The molecular formula is C16H33NO3. The van der Waals surface area contributed by atoms with E-state index in [9.17, 15) is 0 Å². The van der Waals surface area contributed by atoms with Gasteiger partial charge >= 0.3 is 0 Å². The lowest BCUT2D eigenvalue weighted by molar-refractivity contribution is 0.00776. The minimum atomic E-state index is 0.342. The van der Waals surface area contributed by atoms with Crippen molar-refractivity contribution in [2.75, 3.05) is 40.1 Å². The Bertz CT molecular complexity index is 246. The third-order valence-corrected chi connectivity index (χ3v) is 4.10. The van der Waals surface area contributed by atoms with Crippen molar-refractivity contribution in [1.29, 1.82) is 0 Å². The zero-order chi connectivity index (χ0) is 14.8. The molecule has 1 N–H and O–H groups in total. The van der Waals surface area contributed by atoms with E-state index < -0.39 is 0 Å². The van der Waals surface area contributed by atoms with Gasteiger partial charge in [0.25, 0.3) is 0 Å². The molecule has 0 aromatic carbocycles. The van der Waals surface area contributed by atoms with Gasteiger partial charge in [-0.25, -0.2) is 0 Å². The van der Waals surface area contributed by atoms with Crippen LogP contribution in [0.4, 0.5) is 0 Å². The molecule has 0 amide bonds. The predicted octanol–water partition coefficient (Wildman–Crippen LogP) is 2.61. The molecule has 2 atom stereocenters. The van der Waals surface area contributed by atoms with Gasteiger partial charge in [-0.2, -0.15) is 0 Å². The smallest absolute Gasteiger partial charge is 0.0733 e. The minimum Gasteiger partial charge on any atom is -0.382 e. The molecule has 0 aromatic rings. The zero-order valence-electron chi connectivity index (χ0n) is 13.7. The molecule has 0 bridgehead atoms. The number of methoxy groups -OCH3 is 1. The summed E-state index contributed by atoms with van der Waals surface area (Å²) in [5, 5.41) is 3.67. The molecule has 1 fully saturated rings. The van der Waals surface area contributed by atoms with Crippen molar-refractivity contribution < 1.29 is 14.2 Å². The van der Waals surface area contributed by atoms with Gasteiger partial charge in [-0.3, -0.25) is 0 Å². The van der Waals surface area contributed by atoms with Crippen LogP contribution in [0.1, 0.15) is 46.5 Å². The van der Waals surface area contributed by atoms with Gasteiger partial charge in [0.05, 0.1) is 19.3 Å². The second-order valence-corrected chi connectivity index (χ2v) is 6.33. The summed E-state index contributed by atoms with van der Waals surface area (Å²) in [5.41, 5.74) is 0.342. The third-order valence-electron chi connectivity index (χ3n) is 4.10. The molecule has 0 radical (unpaired) electrons. The van der Waals surface area contributed by atoms with Gasteiger partial charge in [-0.05, 0) is 37.6 Å². The highest BCUT2D eigenvalue weighted by Gasteiger charge is 2.41. The normalized spacial score (nSPS) is 25.2. The number of ether oxygens (including phenoxy) is 3. The molecule has 1 rings (SSSR count). The highest BCUT2D eigenvalue weighted by molar-refractivity contribution is 4.97. The van der Waals surface area contributed by atoms with Crippen LogP contribution in [-0.4, -0.2) is 52.2 Å². The van der Waals surface area contributed by atoms with E-state index in [1.54, 1.807) is 7.11 Å². The van der Waals surface area contributed by atoms with Crippen LogP contribution >= 0.6 is 0 Å². The van der Waals surface area contributed by atoms with Gasteiger partial charge < -0.3 is 19.5 Å². The Hall–Kier alpha value is -0.160. The van der Waals surface area contributed by atoms with Gasteiger partial charge in [0.1, 0.15) is 0 Å². The maximum absolute atomic E-state index is 6.08. The number of hydrogen-bond donors (Lipinski definition) is 1. The van der Waals surface area contributed by atoms with Crippen LogP contribution in [0.25, 0.3) is 0 Å². The summed E-state index contributed by atoms with van der Waals surface area (Å²) in [6, 6.07) is 0.483. The van der Waals surface area contributed by atoms with Crippen LogP contribution in [0.5, 0.6) is 0 Å². The fourth-order valence-corrected chi connectivity index (χ4v) is 2.87. The van der Waals surface area contributed by atoms with Crippen LogP contribution in [0, 0.1) is 5.41 Å². The maximum atomic E-state index is 6.08. The SMILES string of the molecule is CCCNC1C(OCCCOCCOC)CCC1(C)C. The lowest BCUT2D eigenvalue weighted by Crippen LogP contribution is -2.46. The highest BCUT2D eigenvalue weighted by atomic mass is 16.5. The van der Waals surface area contributed by atoms with Crippen LogP contribution in [0.2, 0.25) is 0 Å². The Morgan fingerprint density at radius 1 is 1.15 bits per heavy atom. The molecule has 0 aliphatic heterocycles. The van der Waals surface area contributed by atoms with Crippen molar-refractivity contribution in [3.63, 3.8) is 0 Å². The Labute approximate surface area is 124 Å². The first-order valence-electron chi connectivity index (χ1n) is 8.03. The van der Waals surface area contributed by atoms with E-state index in [0.717, 1.165) is 26.2 Å². The molecule has 1 aliphatic rings. The van der Waals surface area contributed by atoms with Gasteiger partial charge in [0, 0.05) is 26.4 Å². The van der Waals surface area contributed by atoms with Crippen molar-refractivity contribution in [3.05, 3.63) is 0 Å². The second kappa shape index (κ2) is 9.72. The lowest BCUT2D eigenvalue weighted by Gasteiger charge is -2.31. The molecule has 20 heavy (non-hydrogen) atoms. The Morgan fingerprint density at radius 2 is 1.95 bits per heavy atom. The lowest BCUT2D eigenvalue weighted by atomic mass is 9.87. The van der Waals surface area contributed by atoms with Crippen molar-refractivity contribution in [3.8, 4) is 0 Å². The fourth-order valence-electron chi connectivity index (χ4n) is 2.87. The quantitative estimate of drug-likeness (QED) is 0.593. The van der Waals surface area contributed by atoms with E-state index in [1.807, 2.05) is 0 Å². The molecule has 1 saturated carbocycles. The summed E-state index contributed by atoms with van der Waals surface area (Å²) in [6.45, 7) is 10.9. The van der Waals surface area contributed by atoms with E-state index in [1.165, 1.54) is 19.3 Å². The van der Waals surface area contributed by atoms with Crippen molar-refractivity contribution in [2.24, 2.45) is 5.41 Å². The molecule has 1 aliphatic carbocycles. The monoisotopic (exact) mass is 287 g/mol. The Morgan fingerprint density at radius 3 is 2.65 bits per heavy atom. The van der Waals surface area contributed by atoms with E-state index >= 15 is 0 Å². The highest BCUT2D eigenvalue weighted by Crippen LogP contribution is 2.39. The molecule has 0 spiro atoms. The first-order valence-corrected chi connectivity index (χ1v) is 8.03. The third kappa shape index (κ3) is 6.08. The van der Waals surface area contributed by atoms with Crippen LogP contribution in [0.3, 0.4) is 0 Å². The summed E-state index contributed by atoms with van der Waals surface area (Å²) >= 11 is 0. The van der Waals surface area contributed by atoms with Gasteiger partial charge in [-0.1, -0.05) is 20.8 Å². The van der Waals surface area contributed by atoms with E-state index in [-0.39, 0.29) is 0 Å². The fraction of sp³-hybridized carbons (Fsp3) is 1.00.